The van der Waals surface area contributed by atoms with Crippen LogP contribution < -0.4 is 20.1 Å². The number of thioether (sulfide) groups is 1. The zero-order chi connectivity index (χ0) is 16.1. The smallest absolute Gasteiger partial charge is 0.231 e. The van der Waals surface area contributed by atoms with Gasteiger partial charge < -0.3 is 20.1 Å². The highest BCUT2D eigenvalue weighted by molar-refractivity contribution is 9.10. The maximum atomic E-state index is 5.45. The van der Waals surface area contributed by atoms with Crippen LogP contribution in [-0.2, 0) is 6.54 Å². The second kappa shape index (κ2) is 8.15. The van der Waals surface area contributed by atoms with Gasteiger partial charge in [-0.15, -0.1) is 0 Å². The predicted octanol–water partition coefficient (Wildman–Crippen LogP) is 3.13. The van der Waals surface area contributed by atoms with Crippen molar-refractivity contribution in [2.45, 2.75) is 31.6 Å². The molecule has 0 aromatic heterocycles. The van der Waals surface area contributed by atoms with Gasteiger partial charge >= 0.3 is 0 Å². The van der Waals surface area contributed by atoms with Gasteiger partial charge in [0.2, 0.25) is 6.79 Å². The number of nitrogens with zero attached hydrogens (tertiary/aromatic N) is 1. The fourth-order valence-corrected chi connectivity index (χ4v) is 4.45. The third-order valence-corrected chi connectivity index (χ3v) is 5.76. The first-order chi connectivity index (χ1) is 11.3. The predicted molar refractivity (Wildman–Crippen MR) is 98.6 cm³/mol. The highest BCUT2D eigenvalue weighted by Crippen LogP contribution is 2.40. The van der Waals surface area contributed by atoms with E-state index in [0.29, 0.717) is 11.8 Å². The topological polar surface area (TPSA) is 54.9 Å². The van der Waals surface area contributed by atoms with Gasteiger partial charge in [0.15, 0.2) is 17.5 Å². The Labute approximate surface area is 149 Å². The molecular formula is C16H22BrN3O2S. The summed E-state index contributed by atoms with van der Waals surface area (Å²) in [4.78, 5) is 4.68. The Hall–Kier alpha value is -1.08. The first-order valence-electron chi connectivity index (χ1n) is 7.98. The van der Waals surface area contributed by atoms with Crippen molar-refractivity contribution in [3.63, 3.8) is 0 Å². The van der Waals surface area contributed by atoms with Gasteiger partial charge in [0.25, 0.3) is 0 Å². The zero-order valence-corrected chi connectivity index (χ0v) is 15.6. The van der Waals surface area contributed by atoms with Crippen LogP contribution in [0.5, 0.6) is 11.5 Å². The Kier molecular flexibility index (Phi) is 5.94. The largest absolute Gasteiger partial charge is 0.454 e. The van der Waals surface area contributed by atoms with Crippen molar-refractivity contribution in [1.82, 2.24) is 10.6 Å². The van der Waals surface area contributed by atoms with Crippen LogP contribution in [0.4, 0.5) is 0 Å². The average molecular weight is 400 g/mol. The quantitative estimate of drug-likeness (QED) is 0.588. The van der Waals surface area contributed by atoms with E-state index in [9.17, 15) is 0 Å². The summed E-state index contributed by atoms with van der Waals surface area (Å²) in [7, 11) is 0. The van der Waals surface area contributed by atoms with Crippen LogP contribution >= 0.6 is 27.7 Å². The van der Waals surface area contributed by atoms with E-state index >= 15 is 0 Å². The number of rotatable bonds is 5. The lowest BCUT2D eigenvalue weighted by atomic mass is 10.2. The first-order valence-corrected chi connectivity index (χ1v) is 9.82. The number of fused-ring (bicyclic) bond motifs is 1. The molecule has 23 heavy (non-hydrogen) atoms. The molecule has 2 N–H and O–H groups in total. The number of ether oxygens (including phenoxy) is 2. The van der Waals surface area contributed by atoms with Crippen LogP contribution in [0.15, 0.2) is 21.6 Å². The Morgan fingerprint density at radius 3 is 3.09 bits per heavy atom. The molecule has 5 nitrogen and oxygen atoms in total. The summed E-state index contributed by atoms with van der Waals surface area (Å²) in [6.45, 7) is 4.79. The molecule has 126 valence electrons. The molecule has 2 aliphatic heterocycles. The van der Waals surface area contributed by atoms with Gasteiger partial charge in [0.05, 0.1) is 11.0 Å². The second-order valence-electron chi connectivity index (χ2n) is 5.52. The fourth-order valence-electron chi connectivity index (χ4n) is 2.64. The molecule has 0 amide bonds. The highest BCUT2D eigenvalue weighted by Gasteiger charge is 2.18. The molecule has 0 bridgehead atoms. The van der Waals surface area contributed by atoms with Crippen molar-refractivity contribution in [2.24, 2.45) is 4.99 Å². The molecule has 1 aromatic rings. The second-order valence-corrected chi connectivity index (χ2v) is 7.79. The maximum Gasteiger partial charge on any atom is 0.231 e. The van der Waals surface area contributed by atoms with Crippen molar-refractivity contribution in [3.8, 4) is 11.5 Å². The van der Waals surface area contributed by atoms with Crippen LogP contribution in [0.1, 0.15) is 25.3 Å². The molecule has 1 saturated heterocycles. The van der Waals surface area contributed by atoms with Gasteiger partial charge in [-0.2, -0.15) is 11.8 Å². The highest BCUT2D eigenvalue weighted by atomic mass is 79.9. The summed E-state index contributed by atoms with van der Waals surface area (Å²) in [6.07, 6.45) is 2.63. The van der Waals surface area contributed by atoms with E-state index in [2.05, 4.69) is 50.2 Å². The van der Waals surface area contributed by atoms with Crippen LogP contribution in [0.3, 0.4) is 0 Å². The van der Waals surface area contributed by atoms with Gasteiger partial charge in [-0.25, -0.2) is 4.99 Å². The molecule has 0 saturated carbocycles. The van der Waals surface area contributed by atoms with Crippen LogP contribution in [0.25, 0.3) is 0 Å². The summed E-state index contributed by atoms with van der Waals surface area (Å²) < 4.78 is 11.8. The number of hydrogen-bond donors (Lipinski definition) is 2. The molecule has 1 atom stereocenters. The molecule has 2 aliphatic rings. The van der Waals surface area contributed by atoms with E-state index in [1.165, 1.54) is 18.6 Å². The minimum atomic E-state index is 0.282. The molecule has 7 heteroatoms. The summed E-state index contributed by atoms with van der Waals surface area (Å²) in [5.41, 5.74) is 1.09. The molecule has 1 aromatic carbocycles. The van der Waals surface area contributed by atoms with Crippen molar-refractivity contribution in [3.05, 3.63) is 22.2 Å². The van der Waals surface area contributed by atoms with Gasteiger partial charge in [0, 0.05) is 18.3 Å². The molecule has 2 heterocycles. The molecular weight excluding hydrogens is 378 g/mol. The third-order valence-electron chi connectivity index (χ3n) is 3.77. The minimum absolute atomic E-state index is 0.282. The summed E-state index contributed by atoms with van der Waals surface area (Å²) in [6, 6.07) is 4.03. The minimum Gasteiger partial charge on any atom is -0.454 e. The van der Waals surface area contributed by atoms with Gasteiger partial charge in [-0.05, 0) is 59.1 Å². The van der Waals surface area contributed by atoms with E-state index in [1.807, 2.05) is 12.1 Å². The van der Waals surface area contributed by atoms with Crippen LogP contribution in [-0.4, -0.2) is 36.8 Å². The van der Waals surface area contributed by atoms with E-state index in [0.717, 1.165) is 40.6 Å². The number of nitrogens with one attached hydrogen (secondary N) is 2. The Bertz CT molecular complexity index is 577. The number of halogens is 1. The Morgan fingerprint density at radius 1 is 1.39 bits per heavy atom. The van der Waals surface area contributed by atoms with E-state index in [4.69, 9.17) is 9.47 Å². The molecule has 1 fully saturated rings. The number of aliphatic imine (C=N–C) groups is 1. The van der Waals surface area contributed by atoms with Gasteiger partial charge in [-0.3, -0.25) is 0 Å². The van der Waals surface area contributed by atoms with E-state index in [1.54, 1.807) is 0 Å². The Morgan fingerprint density at radius 2 is 2.30 bits per heavy atom. The lowest BCUT2D eigenvalue weighted by molar-refractivity contribution is 0.173. The normalized spacial score (nSPS) is 19.9. The van der Waals surface area contributed by atoms with E-state index < -0.39 is 0 Å². The molecule has 0 aliphatic carbocycles. The molecule has 1 unspecified atom stereocenters. The lowest BCUT2D eigenvalue weighted by Gasteiger charge is -2.14. The van der Waals surface area contributed by atoms with E-state index in [-0.39, 0.29) is 6.79 Å². The SMILES string of the molecule is CCNC(=NCc1cc(Br)c2c(c1)OCO2)NCC1CCCS1. The maximum absolute atomic E-state index is 5.45. The van der Waals surface area contributed by atoms with Crippen LogP contribution in [0, 0.1) is 0 Å². The van der Waals surface area contributed by atoms with Crippen molar-refractivity contribution >= 4 is 33.7 Å². The Balaban J connectivity index is 1.62. The van der Waals surface area contributed by atoms with Crippen molar-refractivity contribution < 1.29 is 9.47 Å². The molecule has 0 radical (unpaired) electrons. The van der Waals surface area contributed by atoms with Gasteiger partial charge in [-0.1, -0.05) is 0 Å². The third kappa shape index (κ3) is 4.47. The number of hydrogen-bond acceptors (Lipinski definition) is 4. The first kappa shape index (κ1) is 16.8. The number of benzene rings is 1. The summed E-state index contributed by atoms with van der Waals surface area (Å²) in [5, 5.41) is 7.46. The monoisotopic (exact) mass is 399 g/mol. The fraction of sp³-hybridized carbons (Fsp3) is 0.562. The lowest BCUT2D eigenvalue weighted by Crippen LogP contribution is -2.40. The standard InChI is InChI=1S/C16H22BrN3O2S/c1-2-18-16(20-9-12-4-3-5-23-12)19-8-11-6-13(17)15-14(7-11)21-10-22-15/h6-7,12H,2-5,8-10H2,1H3,(H2,18,19,20). The molecule has 0 spiro atoms. The number of guanidine groups is 1. The summed E-state index contributed by atoms with van der Waals surface area (Å²) in [5.74, 6) is 3.71. The van der Waals surface area contributed by atoms with Crippen molar-refractivity contribution in [2.75, 3.05) is 25.6 Å². The van der Waals surface area contributed by atoms with Crippen molar-refractivity contribution in [1.29, 1.82) is 0 Å². The average Bonchev–Trinajstić information content (AvgIpc) is 3.21. The zero-order valence-electron chi connectivity index (χ0n) is 13.2. The van der Waals surface area contributed by atoms with Crippen LogP contribution in [0.2, 0.25) is 0 Å². The van der Waals surface area contributed by atoms with Gasteiger partial charge in [0.1, 0.15) is 0 Å². The molecule has 3 rings (SSSR count). The summed E-state index contributed by atoms with van der Waals surface area (Å²) >= 11 is 5.57.